The van der Waals surface area contributed by atoms with E-state index >= 15 is 0 Å². The Bertz CT molecular complexity index is 851. The molecular formula is C21H20O3. The largest absolute Gasteiger partial charge is 0.496 e. The van der Waals surface area contributed by atoms with Gasteiger partial charge < -0.3 is 9.47 Å². The minimum Gasteiger partial charge on any atom is -0.496 e. The Morgan fingerprint density at radius 1 is 0.917 bits per heavy atom. The molecule has 0 saturated carbocycles. The second-order valence-electron chi connectivity index (χ2n) is 5.54. The molecule has 0 spiro atoms. The van der Waals surface area contributed by atoms with Gasteiger partial charge in [-0.1, -0.05) is 36.4 Å². The lowest BCUT2D eigenvalue weighted by molar-refractivity contribution is 0.0994. The van der Waals surface area contributed by atoms with Gasteiger partial charge in [-0.15, -0.1) is 0 Å². The minimum atomic E-state index is 0.0954. The smallest absolute Gasteiger partial charge is 0.167 e. The SMILES string of the molecule is CCOc1ccc(CC(=O)c2ccc(OC)c3ccccc23)cc1. The van der Waals surface area contributed by atoms with Crippen LogP contribution in [0.1, 0.15) is 22.8 Å². The van der Waals surface area contributed by atoms with E-state index in [0.29, 0.717) is 13.0 Å². The topological polar surface area (TPSA) is 35.5 Å². The van der Waals surface area contributed by atoms with Gasteiger partial charge in [0.25, 0.3) is 0 Å². The van der Waals surface area contributed by atoms with Crippen molar-refractivity contribution in [2.75, 3.05) is 13.7 Å². The lowest BCUT2D eigenvalue weighted by Crippen LogP contribution is -2.05. The molecular weight excluding hydrogens is 300 g/mol. The van der Waals surface area contributed by atoms with Crippen LogP contribution in [0.3, 0.4) is 0 Å². The third-order valence-corrected chi connectivity index (χ3v) is 4.00. The number of carbonyl (C=O) groups is 1. The number of ketones is 1. The summed E-state index contributed by atoms with van der Waals surface area (Å²) >= 11 is 0. The zero-order valence-corrected chi connectivity index (χ0v) is 13.9. The molecule has 0 aromatic heterocycles. The van der Waals surface area contributed by atoms with E-state index in [1.807, 2.05) is 67.6 Å². The summed E-state index contributed by atoms with van der Waals surface area (Å²) in [6, 6.07) is 19.2. The van der Waals surface area contributed by atoms with Gasteiger partial charge in [0.1, 0.15) is 11.5 Å². The number of Topliss-reactive ketones (excluding diaryl/α,β-unsaturated/α-hetero) is 1. The van der Waals surface area contributed by atoms with E-state index in [0.717, 1.165) is 33.4 Å². The molecule has 3 heteroatoms. The second-order valence-corrected chi connectivity index (χ2v) is 5.54. The quantitative estimate of drug-likeness (QED) is 0.619. The van der Waals surface area contributed by atoms with Crippen molar-refractivity contribution in [1.82, 2.24) is 0 Å². The maximum absolute atomic E-state index is 12.8. The monoisotopic (exact) mass is 320 g/mol. The van der Waals surface area contributed by atoms with Crippen molar-refractivity contribution in [3.63, 3.8) is 0 Å². The van der Waals surface area contributed by atoms with Crippen LogP contribution >= 0.6 is 0 Å². The summed E-state index contributed by atoms with van der Waals surface area (Å²) in [5, 5.41) is 1.88. The van der Waals surface area contributed by atoms with Crippen molar-refractivity contribution in [2.24, 2.45) is 0 Å². The lowest BCUT2D eigenvalue weighted by atomic mass is 9.97. The molecule has 0 amide bonds. The molecule has 0 aliphatic heterocycles. The molecule has 0 aliphatic rings. The second kappa shape index (κ2) is 7.18. The average molecular weight is 320 g/mol. The Morgan fingerprint density at radius 2 is 1.62 bits per heavy atom. The molecule has 0 atom stereocenters. The fourth-order valence-electron chi connectivity index (χ4n) is 2.84. The zero-order chi connectivity index (χ0) is 16.9. The molecule has 0 N–H and O–H groups in total. The van der Waals surface area contributed by atoms with Crippen LogP contribution in [-0.2, 0) is 6.42 Å². The molecule has 122 valence electrons. The molecule has 3 rings (SSSR count). The maximum atomic E-state index is 12.8. The third kappa shape index (κ3) is 3.25. The van der Waals surface area contributed by atoms with Crippen LogP contribution < -0.4 is 9.47 Å². The van der Waals surface area contributed by atoms with Crippen molar-refractivity contribution < 1.29 is 14.3 Å². The standard InChI is InChI=1S/C21H20O3/c1-3-24-16-10-8-15(9-11-16)14-20(22)18-12-13-21(23-2)19-7-5-4-6-17(18)19/h4-13H,3,14H2,1-2H3. The number of hydrogen-bond acceptors (Lipinski definition) is 3. The van der Waals surface area contributed by atoms with Crippen LogP contribution in [0.5, 0.6) is 11.5 Å². The maximum Gasteiger partial charge on any atom is 0.167 e. The highest BCUT2D eigenvalue weighted by Crippen LogP contribution is 2.29. The zero-order valence-electron chi connectivity index (χ0n) is 13.9. The minimum absolute atomic E-state index is 0.0954. The van der Waals surface area contributed by atoms with E-state index in [1.165, 1.54) is 0 Å². The highest BCUT2D eigenvalue weighted by Gasteiger charge is 2.13. The summed E-state index contributed by atoms with van der Waals surface area (Å²) in [5.41, 5.74) is 1.70. The van der Waals surface area contributed by atoms with Crippen molar-refractivity contribution in [2.45, 2.75) is 13.3 Å². The molecule has 0 bridgehead atoms. The van der Waals surface area contributed by atoms with Gasteiger partial charge in [-0.2, -0.15) is 0 Å². The predicted octanol–water partition coefficient (Wildman–Crippen LogP) is 4.67. The lowest BCUT2D eigenvalue weighted by Gasteiger charge is -2.10. The van der Waals surface area contributed by atoms with Crippen LogP contribution in [-0.4, -0.2) is 19.5 Å². The molecule has 0 fully saturated rings. The molecule has 0 aliphatic carbocycles. The third-order valence-electron chi connectivity index (χ3n) is 4.00. The summed E-state index contributed by atoms with van der Waals surface area (Å²) < 4.78 is 10.8. The first-order chi connectivity index (χ1) is 11.7. The first-order valence-electron chi connectivity index (χ1n) is 8.03. The first kappa shape index (κ1) is 16.1. The highest BCUT2D eigenvalue weighted by atomic mass is 16.5. The normalized spacial score (nSPS) is 10.6. The van der Waals surface area contributed by atoms with Crippen molar-refractivity contribution in [3.05, 3.63) is 71.8 Å². The summed E-state index contributed by atoms with van der Waals surface area (Å²) in [6.07, 6.45) is 0.364. The summed E-state index contributed by atoms with van der Waals surface area (Å²) in [6.45, 7) is 2.59. The number of ether oxygens (including phenoxy) is 2. The number of rotatable bonds is 6. The van der Waals surface area contributed by atoms with Crippen LogP contribution in [0.4, 0.5) is 0 Å². The number of methoxy groups -OCH3 is 1. The fraction of sp³-hybridized carbons (Fsp3) is 0.190. The van der Waals surface area contributed by atoms with E-state index in [4.69, 9.17) is 9.47 Å². The molecule has 24 heavy (non-hydrogen) atoms. The van der Waals surface area contributed by atoms with Gasteiger partial charge in [-0.25, -0.2) is 0 Å². The van der Waals surface area contributed by atoms with Crippen LogP contribution in [0, 0.1) is 0 Å². The highest BCUT2D eigenvalue weighted by molar-refractivity contribution is 6.10. The van der Waals surface area contributed by atoms with E-state index < -0.39 is 0 Å². The van der Waals surface area contributed by atoms with Gasteiger partial charge >= 0.3 is 0 Å². The predicted molar refractivity (Wildman–Crippen MR) is 96.1 cm³/mol. The van der Waals surface area contributed by atoms with E-state index in [-0.39, 0.29) is 5.78 Å². The Balaban J connectivity index is 1.89. The molecule has 3 aromatic rings. The number of hydrogen-bond donors (Lipinski definition) is 0. The van der Waals surface area contributed by atoms with Gasteiger partial charge in [-0.3, -0.25) is 4.79 Å². The van der Waals surface area contributed by atoms with Crippen LogP contribution in [0.15, 0.2) is 60.7 Å². The first-order valence-corrected chi connectivity index (χ1v) is 8.03. The van der Waals surface area contributed by atoms with Gasteiger partial charge in [0.05, 0.1) is 13.7 Å². The summed E-state index contributed by atoms with van der Waals surface area (Å²) in [5.74, 6) is 1.70. The average Bonchev–Trinajstić information content (AvgIpc) is 2.62. The van der Waals surface area contributed by atoms with Crippen LogP contribution in [0.25, 0.3) is 10.8 Å². The summed E-state index contributed by atoms with van der Waals surface area (Å²) in [4.78, 5) is 12.8. The van der Waals surface area contributed by atoms with Gasteiger partial charge in [0.2, 0.25) is 0 Å². The van der Waals surface area contributed by atoms with Gasteiger partial charge in [0, 0.05) is 17.4 Å². The van der Waals surface area contributed by atoms with Gasteiger partial charge in [0.15, 0.2) is 5.78 Å². The van der Waals surface area contributed by atoms with E-state index in [2.05, 4.69) is 0 Å². The fourth-order valence-corrected chi connectivity index (χ4v) is 2.84. The molecule has 0 unspecified atom stereocenters. The van der Waals surface area contributed by atoms with Crippen molar-refractivity contribution >= 4 is 16.6 Å². The van der Waals surface area contributed by atoms with E-state index in [1.54, 1.807) is 7.11 Å². The Labute approximate surface area is 141 Å². The molecule has 3 aromatic carbocycles. The molecule has 0 heterocycles. The molecule has 3 nitrogen and oxygen atoms in total. The molecule has 0 radical (unpaired) electrons. The Kier molecular flexibility index (Phi) is 4.80. The number of carbonyl (C=O) groups excluding carboxylic acids is 1. The van der Waals surface area contributed by atoms with E-state index in [9.17, 15) is 4.79 Å². The summed E-state index contributed by atoms with van der Waals surface area (Å²) in [7, 11) is 1.64. The number of benzene rings is 3. The molecule has 0 saturated heterocycles. The Hall–Kier alpha value is -2.81. The Morgan fingerprint density at radius 3 is 2.29 bits per heavy atom. The van der Waals surface area contributed by atoms with Crippen molar-refractivity contribution in [3.8, 4) is 11.5 Å². The van der Waals surface area contributed by atoms with Crippen LogP contribution in [0.2, 0.25) is 0 Å². The van der Waals surface area contributed by atoms with Crippen molar-refractivity contribution in [1.29, 1.82) is 0 Å². The van der Waals surface area contributed by atoms with Gasteiger partial charge in [-0.05, 0) is 42.1 Å². The number of fused-ring (bicyclic) bond motifs is 1.